The predicted molar refractivity (Wildman–Crippen MR) is 106 cm³/mol. The highest BCUT2D eigenvalue weighted by molar-refractivity contribution is 5.98. The van der Waals surface area contributed by atoms with Crippen LogP contribution in [0.2, 0.25) is 0 Å². The number of nitrogens with one attached hydrogen (secondary N) is 1. The average Bonchev–Trinajstić information content (AvgIpc) is 3.05. The molecule has 3 atom stereocenters. The molecule has 2 aliphatic heterocycles. The van der Waals surface area contributed by atoms with E-state index in [0.29, 0.717) is 31.8 Å². The van der Waals surface area contributed by atoms with Crippen LogP contribution in [0, 0.1) is 11.7 Å². The van der Waals surface area contributed by atoms with E-state index in [2.05, 4.69) is 14.0 Å². The van der Waals surface area contributed by atoms with Gasteiger partial charge in [-0.3, -0.25) is 14.5 Å². The minimum absolute atomic E-state index is 0.0104. The van der Waals surface area contributed by atoms with Crippen molar-refractivity contribution in [2.45, 2.75) is 44.4 Å². The van der Waals surface area contributed by atoms with Gasteiger partial charge in [0.15, 0.2) is 0 Å². The number of hydrogen-bond donors (Lipinski definition) is 1. The second-order valence-electron chi connectivity index (χ2n) is 8.91. The summed E-state index contributed by atoms with van der Waals surface area (Å²) in [5.74, 6) is -0.677. The molecule has 4 rings (SSSR count). The molecule has 1 N–H and O–H groups in total. The van der Waals surface area contributed by atoms with Crippen molar-refractivity contribution < 1.29 is 23.6 Å². The van der Waals surface area contributed by atoms with Crippen molar-refractivity contribution in [1.29, 1.82) is 0 Å². The topological polar surface area (TPSA) is 54.3 Å². The van der Waals surface area contributed by atoms with E-state index in [1.165, 1.54) is 17.0 Å². The molecule has 2 heterocycles. The number of likely N-dealkylation sites (N-methyl/N-ethyl adjacent to an activating group) is 1. The number of halogens is 1. The first-order valence-electron chi connectivity index (χ1n) is 10.7. The first-order valence-corrected chi connectivity index (χ1v) is 10.7. The number of ether oxygens (including phenoxy) is 1. The van der Waals surface area contributed by atoms with Gasteiger partial charge in [0, 0.05) is 0 Å². The van der Waals surface area contributed by atoms with Crippen molar-refractivity contribution in [2.24, 2.45) is 5.92 Å². The second kappa shape index (κ2) is 8.03. The standard InChI is InChI=1S/C22H30FN3O3/c1-16-6-5-9-22(14-16)26(20(27)17-7-3-4-8-18(17)23)19(15-29-22)21(28)25-12-10-24(2)11-13-25/h3-4,7-8,16,19H,5-6,9-15H2,1-2H3/p+1/t16-,19+,22-/m1/s1. The molecular formula is C22H31FN3O3+. The Morgan fingerprint density at radius 3 is 2.66 bits per heavy atom. The molecule has 1 saturated carbocycles. The van der Waals surface area contributed by atoms with Gasteiger partial charge in [0.05, 0.1) is 45.4 Å². The molecule has 2 amide bonds. The molecular weight excluding hydrogens is 373 g/mol. The molecule has 1 spiro atoms. The highest BCUT2D eigenvalue weighted by atomic mass is 19.1. The van der Waals surface area contributed by atoms with Gasteiger partial charge in [-0.15, -0.1) is 0 Å². The molecule has 3 aliphatic rings. The Balaban J connectivity index is 1.66. The SMILES string of the molecule is C[C@@H]1CCC[C@]2(C1)OC[C@@H](C(=O)N1CC[NH+](C)CC1)N2C(=O)c1ccccc1F. The molecule has 0 bridgehead atoms. The molecule has 1 aliphatic carbocycles. The number of carbonyl (C=O) groups excluding carboxylic acids is 2. The molecule has 3 fully saturated rings. The van der Waals surface area contributed by atoms with Crippen molar-refractivity contribution in [1.82, 2.24) is 9.80 Å². The summed E-state index contributed by atoms with van der Waals surface area (Å²) in [5.41, 5.74) is -0.800. The number of piperazine rings is 1. The lowest BCUT2D eigenvalue weighted by Crippen LogP contribution is -3.12. The largest absolute Gasteiger partial charge is 0.353 e. The van der Waals surface area contributed by atoms with Gasteiger partial charge in [-0.05, 0) is 37.3 Å². The number of nitrogens with zero attached hydrogens (tertiary/aromatic N) is 2. The third-order valence-corrected chi connectivity index (χ3v) is 6.73. The van der Waals surface area contributed by atoms with Crippen molar-refractivity contribution >= 4 is 11.8 Å². The van der Waals surface area contributed by atoms with Gasteiger partial charge in [0.2, 0.25) is 5.91 Å². The van der Waals surface area contributed by atoms with Crippen LogP contribution in [0.1, 0.15) is 43.0 Å². The molecule has 0 radical (unpaired) electrons. The number of carbonyl (C=O) groups is 2. The first-order chi connectivity index (χ1) is 13.9. The molecule has 2 saturated heterocycles. The zero-order valence-electron chi connectivity index (χ0n) is 17.3. The molecule has 6 nitrogen and oxygen atoms in total. The Hall–Kier alpha value is -1.99. The normalized spacial score (nSPS) is 30.7. The van der Waals surface area contributed by atoms with E-state index in [4.69, 9.17) is 4.74 Å². The van der Waals surface area contributed by atoms with E-state index in [-0.39, 0.29) is 18.1 Å². The van der Waals surface area contributed by atoms with E-state index in [1.54, 1.807) is 17.0 Å². The van der Waals surface area contributed by atoms with Gasteiger partial charge in [0.1, 0.15) is 17.6 Å². The van der Waals surface area contributed by atoms with Crippen molar-refractivity contribution in [3.63, 3.8) is 0 Å². The van der Waals surface area contributed by atoms with Crippen LogP contribution in [0.15, 0.2) is 24.3 Å². The van der Waals surface area contributed by atoms with Crippen LogP contribution in [0.4, 0.5) is 4.39 Å². The van der Waals surface area contributed by atoms with Crippen molar-refractivity contribution in [3.05, 3.63) is 35.6 Å². The Morgan fingerprint density at radius 2 is 1.97 bits per heavy atom. The number of rotatable bonds is 2. The van der Waals surface area contributed by atoms with E-state index in [0.717, 1.165) is 25.9 Å². The number of amides is 2. The molecule has 0 aromatic heterocycles. The second-order valence-corrected chi connectivity index (χ2v) is 8.91. The Kier molecular flexibility index (Phi) is 5.62. The number of quaternary nitrogens is 1. The summed E-state index contributed by atoms with van der Waals surface area (Å²) < 4.78 is 20.7. The molecule has 0 unspecified atom stereocenters. The summed E-state index contributed by atoms with van der Waals surface area (Å²) in [7, 11) is 2.12. The van der Waals surface area contributed by atoms with Gasteiger partial charge < -0.3 is 14.5 Å². The lowest BCUT2D eigenvalue weighted by molar-refractivity contribution is -0.883. The molecule has 158 valence electrons. The third kappa shape index (κ3) is 3.78. The average molecular weight is 405 g/mol. The van der Waals surface area contributed by atoms with Crippen LogP contribution in [-0.2, 0) is 9.53 Å². The van der Waals surface area contributed by atoms with Gasteiger partial charge in [-0.1, -0.05) is 25.5 Å². The molecule has 1 aromatic carbocycles. The fraction of sp³-hybridized carbons (Fsp3) is 0.636. The minimum Gasteiger partial charge on any atom is -0.353 e. The molecule has 29 heavy (non-hydrogen) atoms. The zero-order valence-corrected chi connectivity index (χ0v) is 17.3. The summed E-state index contributed by atoms with van der Waals surface area (Å²) in [6, 6.07) is 5.33. The lowest BCUT2D eigenvalue weighted by Gasteiger charge is -2.44. The zero-order chi connectivity index (χ0) is 20.6. The Labute approximate surface area is 171 Å². The number of hydrogen-bond acceptors (Lipinski definition) is 3. The maximum atomic E-state index is 14.5. The van der Waals surface area contributed by atoms with Crippen LogP contribution < -0.4 is 4.90 Å². The van der Waals surface area contributed by atoms with Crippen molar-refractivity contribution in [3.8, 4) is 0 Å². The summed E-state index contributed by atoms with van der Waals surface area (Å²) >= 11 is 0. The van der Waals surface area contributed by atoms with Crippen LogP contribution in [-0.4, -0.2) is 73.2 Å². The van der Waals surface area contributed by atoms with E-state index in [9.17, 15) is 14.0 Å². The summed E-state index contributed by atoms with van der Waals surface area (Å²) in [4.78, 5) is 31.8. The third-order valence-electron chi connectivity index (χ3n) is 6.73. The molecule has 1 aromatic rings. The monoisotopic (exact) mass is 404 g/mol. The predicted octanol–water partition coefficient (Wildman–Crippen LogP) is 0.930. The van der Waals surface area contributed by atoms with E-state index < -0.39 is 23.5 Å². The van der Waals surface area contributed by atoms with Gasteiger partial charge in [0.25, 0.3) is 5.91 Å². The van der Waals surface area contributed by atoms with E-state index >= 15 is 0 Å². The smallest absolute Gasteiger partial charge is 0.259 e. The van der Waals surface area contributed by atoms with Crippen LogP contribution >= 0.6 is 0 Å². The highest BCUT2D eigenvalue weighted by Crippen LogP contribution is 2.43. The number of benzene rings is 1. The summed E-state index contributed by atoms with van der Waals surface area (Å²) in [5, 5.41) is 0. The van der Waals surface area contributed by atoms with E-state index in [1.807, 2.05) is 4.90 Å². The fourth-order valence-corrected chi connectivity index (χ4v) is 5.08. The van der Waals surface area contributed by atoms with Crippen LogP contribution in [0.3, 0.4) is 0 Å². The Bertz CT molecular complexity index is 780. The molecule has 7 heteroatoms. The minimum atomic E-state index is -0.810. The maximum absolute atomic E-state index is 14.5. The summed E-state index contributed by atoms with van der Waals surface area (Å²) in [6.07, 6.45) is 3.38. The van der Waals surface area contributed by atoms with Gasteiger partial charge in [-0.2, -0.15) is 0 Å². The lowest BCUT2D eigenvalue weighted by atomic mass is 9.83. The quantitative estimate of drug-likeness (QED) is 0.798. The van der Waals surface area contributed by atoms with Crippen LogP contribution in [0.5, 0.6) is 0 Å². The van der Waals surface area contributed by atoms with Crippen LogP contribution in [0.25, 0.3) is 0 Å². The van der Waals surface area contributed by atoms with Crippen molar-refractivity contribution in [2.75, 3.05) is 39.8 Å². The fourth-order valence-electron chi connectivity index (χ4n) is 5.08. The van der Waals surface area contributed by atoms with Gasteiger partial charge >= 0.3 is 0 Å². The first kappa shape index (κ1) is 20.3. The van der Waals surface area contributed by atoms with Gasteiger partial charge in [-0.25, -0.2) is 4.39 Å². The Morgan fingerprint density at radius 1 is 1.24 bits per heavy atom. The highest BCUT2D eigenvalue weighted by Gasteiger charge is 2.55. The maximum Gasteiger partial charge on any atom is 0.259 e. The summed E-state index contributed by atoms with van der Waals surface area (Å²) in [6.45, 7) is 5.46.